The number of rotatable bonds is 2. The van der Waals surface area contributed by atoms with Gasteiger partial charge in [-0.1, -0.05) is 0 Å². The smallest absolute Gasteiger partial charge is 0.314 e. The number of nitrogens with two attached hydrogens (primary N) is 1. The Morgan fingerprint density at radius 2 is 1.68 bits per heavy atom. The molecular weight excluding hydrogens is 250 g/mol. The molecule has 0 radical (unpaired) electrons. The first kappa shape index (κ1) is 13.6. The highest BCUT2D eigenvalue weighted by atomic mass is 16.4. The fourth-order valence-electron chi connectivity index (χ4n) is 2.80. The lowest BCUT2D eigenvalue weighted by molar-refractivity contribution is -0.141. The maximum atomic E-state index is 12.3. The number of urea groups is 1. The molecule has 0 aromatic rings. The number of hydrogen-bond acceptors (Lipinski definition) is 3. The Balaban J connectivity index is 1.93. The first-order chi connectivity index (χ1) is 8.99. The Morgan fingerprint density at radius 1 is 1.00 bits per heavy atom. The van der Waals surface area contributed by atoms with Gasteiger partial charge in [-0.2, -0.15) is 0 Å². The first-order valence-electron chi connectivity index (χ1n) is 6.55. The second-order valence-electron chi connectivity index (χ2n) is 5.23. The topological polar surface area (TPSA) is 104 Å². The molecule has 2 unspecified atom stereocenters. The van der Waals surface area contributed by atoms with Crippen LogP contribution in [0.2, 0.25) is 0 Å². The Labute approximate surface area is 111 Å². The zero-order chi connectivity index (χ0) is 14.0. The van der Waals surface area contributed by atoms with Crippen LogP contribution >= 0.6 is 0 Å². The fourth-order valence-corrected chi connectivity index (χ4v) is 2.80. The van der Waals surface area contributed by atoms with Crippen LogP contribution in [0.3, 0.4) is 0 Å². The van der Waals surface area contributed by atoms with Gasteiger partial charge >= 0.3 is 12.0 Å². The third kappa shape index (κ3) is 2.97. The molecule has 0 spiro atoms. The molecule has 2 rings (SSSR count). The van der Waals surface area contributed by atoms with Crippen LogP contribution in [0.25, 0.3) is 0 Å². The molecule has 2 fully saturated rings. The molecule has 2 aliphatic heterocycles. The van der Waals surface area contributed by atoms with E-state index in [1.807, 2.05) is 0 Å². The van der Waals surface area contributed by atoms with E-state index in [0.29, 0.717) is 26.1 Å². The van der Waals surface area contributed by atoms with Crippen LogP contribution in [-0.4, -0.2) is 59.0 Å². The molecule has 3 N–H and O–H groups in total. The molecule has 0 aromatic heterocycles. The van der Waals surface area contributed by atoms with E-state index in [1.54, 1.807) is 4.90 Å². The number of amides is 3. The highest BCUT2D eigenvalue weighted by Gasteiger charge is 2.36. The molecule has 2 atom stereocenters. The van der Waals surface area contributed by atoms with Gasteiger partial charge in [-0.25, -0.2) is 4.79 Å². The summed E-state index contributed by atoms with van der Waals surface area (Å²) < 4.78 is 0. The fraction of sp³-hybridized carbons (Fsp3) is 0.750. The highest BCUT2D eigenvalue weighted by Crippen LogP contribution is 2.23. The van der Waals surface area contributed by atoms with Gasteiger partial charge < -0.3 is 20.6 Å². The summed E-state index contributed by atoms with van der Waals surface area (Å²) in [6.07, 6.45) is 2.00. The third-order valence-corrected chi connectivity index (χ3v) is 3.93. The normalized spacial score (nSPS) is 27.4. The summed E-state index contributed by atoms with van der Waals surface area (Å²) in [4.78, 5) is 37.4. The van der Waals surface area contributed by atoms with E-state index >= 15 is 0 Å². The summed E-state index contributed by atoms with van der Waals surface area (Å²) in [5.74, 6) is -1.60. The van der Waals surface area contributed by atoms with E-state index < -0.39 is 17.9 Å². The van der Waals surface area contributed by atoms with Crippen molar-refractivity contribution in [3.63, 3.8) is 0 Å². The summed E-state index contributed by atoms with van der Waals surface area (Å²) in [5.41, 5.74) is 5.23. The van der Waals surface area contributed by atoms with E-state index in [9.17, 15) is 14.4 Å². The Bertz CT molecular complexity index is 398. The number of likely N-dealkylation sites (tertiary alicyclic amines) is 2. The number of primary amides is 1. The molecule has 2 heterocycles. The monoisotopic (exact) mass is 269 g/mol. The maximum absolute atomic E-state index is 12.3. The van der Waals surface area contributed by atoms with Crippen molar-refractivity contribution in [2.24, 2.45) is 17.6 Å². The van der Waals surface area contributed by atoms with Crippen LogP contribution in [0.4, 0.5) is 4.79 Å². The van der Waals surface area contributed by atoms with Crippen LogP contribution in [0.5, 0.6) is 0 Å². The minimum atomic E-state index is -0.849. The number of carboxylic acids is 1. The van der Waals surface area contributed by atoms with Gasteiger partial charge in [0.2, 0.25) is 5.91 Å². The number of hydrogen-bond donors (Lipinski definition) is 2. The molecular formula is C12H19N3O4. The van der Waals surface area contributed by atoms with Gasteiger partial charge in [0, 0.05) is 26.2 Å². The minimum absolute atomic E-state index is 0.0466. The Hall–Kier alpha value is -1.79. The van der Waals surface area contributed by atoms with Crippen molar-refractivity contribution in [3.05, 3.63) is 0 Å². The minimum Gasteiger partial charge on any atom is -0.481 e. The average molecular weight is 269 g/mol. The molecule has 7 heteroatoms. The Kier molecular flexibility index (Phi) is 3.92. The van der Waals surface area contributed by atoms with Crippen molar-refractivity contribution in [1.82, 2.24) is 9.80 Å². The average Bonchev–Trinajstić information content (AvgIpc) is 2.87. The van der Waals surface area contributed by atoms with Crippen molar-refractivity contribution in [2.75, 3.05) is 26.2 Å². The Morgan fingerprint density at radius 3 is 2.26 bits per heavy atom. The van der Waals surface area contributed by atoms with Crippen LogP contribution in [0.15, 0.2) is 0 Å². The van der Waals surface area contributed by atoms with Crippen LogP contribution in [0.1, 0.15) is 19.3 Å². The largest absolute Gasteiger partial charge is 0.481 e. The molecule has 0 bridgehead atoms. The van der Waals surface area contributed by atoms with Gasteiger partial charge in [0.25, 0.3) is 0 Å². The molecule has 7 nitrogen and oxygen atoms in total. The molecule has 2 saturated heterocycles. The standard InChI is InChI=1S/C12H19N3O4/c13-12(19)15-4-1-2-8(6-15)10(16)14-5-3-9(7-14)11(17)18/h8-9H,1-7H2,(H2,13,19)(H,17,18). The van der Waals surface area contributed by atoms with E-state index in [-0.39, 0.29) is 18.4 Å². The van der Waals surface area contributed by atoms with Crippen LogP contribution in [-0.2, 0) is 9.59 Å². The second kappa shape index (κ2) is 5.46. The predicted molar refractivity (Wildman–Crippen MR) is 66.2 cm³/mol. The summed E-state index contributed by atoms with van der Waals surface area (Å²) in [6.45, 7) is 1.71. The van der Waals surface area contributed by atoms with Gasteiger partial charge in [-0.3, -0.25) is 9.59 Å². The lowest BCUT2D eigenvalue weighted by atomic mass is 9.97. The van der Waals surface area contributed by atoms with Crippen LogP contribution < -0.4 is 5.73 Å². The quantitative estimate of drug-likeness (QED) is 0.718. The third-order valence-electron chi connectivity index (χ3n) is 3.93. The van der Waals surface area contributed by atoms with Crippen molar-refractivity contribution < 1.29 is 19.5 Å². The van der Waals surface area contributed by atoms with Gasteiger partial charge in [0.05, 0.1) is 11.8 Å². The molecule has 2 aliphatic rings. The summed E-state index contributed by atoms with van der Waals surface area (Å²) in [7, 11) is 0. The molecule has 3 amide bonds. The van der Waals surface area contributed by atoms with Gasteiger partial charge in [-0.05, 0) is 19.3 Å². The van der Waals surface area contributed by atoms with Crippen molar-refractivity contribution in [1.29, 1.82) is 0 Å². The SMILES string of the molecule is NC(=O)N1CCCC(C(=O)N2CCC(C(=O)O)C2)C1. The second-order valence-corrected chi connectivity index (χ2v) is 5.23. The molecule has 19 heavy (non-hydrogen) atoms. The lowest BCUT2D eigenvalue weighted by Crippen LogP contribution is -2.48. The molecule has 0 aromatic carbocycles. The molecule has 106 valence electrons. The molecule has 0 aliphatic carbocycles. The highest BCUT2D eigenvalue weighted by molar-refractivity contribution is 5.82. The zero-order valence-corrected chi connectivity index (χ0v) is 10.7. The number of piperidine rings is 1. The molecule has 0 saturated carbocycles. The van der Waals surface area contributed by atoms with E-state index in [4.69, 9.17) is 10.8 Å². The summed E-state index contributed by atoms with van der Waals surface area (Å²) >= 11 is 0. The summed E-state index contributed by atoms with van der Waals surface area (Å²) in [5, 5.41) is 8.93. The maximum Gasteiger partial charge on any atom is 0.314 e. The van der Waals surface area contributed by atoms with Gasteiger partial charge in [-0.15, -0.1) is 0 Å². The zero-order valence-electron chi connectivity index (χ0n) is 10.7. The number of carbonyl (C=O) groups is 3. The van der Waals surface area contributed by atoms with E-state index in [1.165, 1.54) is 4.90 Å². The van der Waals surface area contributed by atoms with Gasteiger partial charge in [0.15, 0.2) is 0 Å². The van der Waals surface area contributed by atoms with Crippen molar-refractivity contribution >= 4 is 17.9 Å². The lowest BCUT2D eigenvalue weighted by Gasteiger charge is -2.32. The van der Waals surface area contributed by atoms with E-state index in [2.05, 4.69) is 0 Å². The van der Waals surface area contributed by atoms with Gasteiger partial charge in [0.1, 0.15) is 0 Å². The van der Waals surface area contributed by atoms with Crippen molar-refractivity contribution in [3.8, 4) is 0 Å². The number of nitrogens with zero attached hydrogens (tertiary/aromatic N) is 2. The van der Waals surface area contributed by atoms with Crippen LogP contribution in [0, 0.1) is 11.8 Å². The van der Waals surface area contributed by atoms with Crippen molar-refractivity contribution in [2.45, 2.75) is 19.3 Å². The first-order valence-corrected chi connectivity index (χ1v) is 6.55. The predicted octanol–water partition coefficient (Wildman–Crippen LogP) is -0.290. The number of aliphatic carboxylic acids is 1. The summed E-state index contributed by atoms with van der Waals surface area (Å²) in [6, 6.07) is -0.498. The number of carbonyl (C=O) groups excluding carboxylic acids is 2. The van der Waals surface area contributed by atoms with E-state index in [0.717, 1.165) is 12.8 Å². The number of carboxylic acid groups (broad SMARTS) is 1.